The maximum Gasteiger partial charge on any atom is 0.285 e. The van der Waals surface area contributed by atoms with E-state index in [4.69, 9.17) is 11.6 Å². The molecule has 4 nitrogen and oxygen atoms in total. The van der Waals surface area contributed by atoms with Crippen LogP contribution in [0.4, 0.5) is 5.69 Å². The molecule has 0 bridgehead atoms. The average molecular weight is 304 g/mol. The Labute approximate surface area is 105 Å². The zero-order valence-electron chi connectivity index (χ0n) is 8.19. The lowest BCUT2D eigenvalue weighted by Crippen LogP contribution is -1.97. The van der Waals surface area contributed by atoms with Gasteiger partial charge in [-0.2, -0.15) is 0 Å². The van der Waals surface area contributed by atoms with Gasteiger partial charge in [0.15, 0.2) is 0 Å². The minimum Gasteiger partial charge on any atom is -0.346 e. The summed E-state index contributed by atoms with van der Waals surface area (Å²) in [4.78, 5) is 10.4. The Bertz CT molecular complexity index is 553. The monoisotopic (exact) mass is 302 g/mol. The van der Waals surface area contributed by atoms with Crippen molar-refractivity contribution in [2.45, 2.75) is 6.54 Å². The first-order valence-corrected chi connectivity index (χ1v) is 5.95. The van der Waals surface area contributed by atoms with E-state index in [2.05, 4.69) is 15.9 Å². The number of aryl methyl sites for hydroxylation is 1. The Morgan fingerprint density at radius 3 is 2.88 bits per heavy atom. The molecule has 0 aliphatic carbocycles. The number of nitrogens with zero attached hydrogens (tertiary/aromatic N) is 2. The third-order valence-electron chi connectivity index (χ3n) is 2.36. The van der Waals surface area contributed by atoms with Crippen molar-refractivity contribution >= 4 is 44.1 Å². The van der Waals surface area contributed by atoms with E-state index in [9.17, 15) is 10.1 Å². The molecule has 6 heteroatoms. The van der Waals surface area contributed by atoms with Crippen molar-refractivity contribution in [3.63, 3.8) is 0 Å². The van der Waals surface area contributed by atoms with Crippen molar-refractivity contribution in [2.24, 2.45) is 0 Å². The predicted octanol–water partition coefficient (Wildman–Crippen LogP) is 3.55. The van der Waals surface area contributed by atoms with Crippen molar-refractivity contribution in [3.05, 3.63) is 39.0 Å². The molecule has 2 aromatic rings. The van der Waals surface area contributed by atoms with E-state index < -0.39 is 4.92 Å². The summed E-state index contributed by atoms with van der Waals surface area (Å²) in [6.07, 6.45) is 1.88. The number of aromatic nitrogens is 1. The maximum absolute atomic E-state index is 10.8. The minimum atomic E-state index is -0.401. The van der Waals surface area contributed by atoms with E-state index in [1.165, 1.54) is 0 Å². The first kappa shape index (κ1) is 11.4. The van der Waals surface area contributed by atoms with Crippen LogP contribution in [0, 0.1) is 10.1 Å². The number of halogens is 2. The summed E-state index contributed by atoms with van der Waals surface area (Å²) in [6.45, 7) is 0.643. The van der Waals surface area contributed by atoms with Gasteiger partial charge in [-0.15, -0.1) is 11.6 Å². The smallest absolute Gasteiger partial charge is 0.285 e. The van der Waals surface area contributed by atoms with Crippen LogP contribution >= 0.6 is 27.5 Å². The summed E-state index contributed by atoms with van der Waals surface area (Å²) >= 11 is 8.85. The molecular formula is C10H8BrClN2O2. The lowest BCUT2D eigenvalue weighted by atomic mass is 10.2. The highest BCUT2D eigenvalue weighted by Crippen LogP contribution is 2.30. The summed E-state index contributed by atoms with van der Waals surface area (Å²) < 4.78 is 2.40. The molecule has 0 aliphatic rings. The van der Waals surface area contributed by atoms with Crippen LogP contribution < -0.4 is 0 Å². The van der Waals surface area contributed by atoms with Gasteiger partial charge in [0.1, 0.15) is 0 Å². The fourth-order valence-corrected chi connectivity index (χ4v) is 2.31. The lowest BCUT2D eigenvalue weighted by molar-refractivity contribution is -0.385. The molecule has 2 rings (SSSR count). The zero-order valence-corrected chi connectivity index (χ0v) is 10.5. The second-order valence-electron chi connectivity index (χ2n) is 3.32. The SMILES string of the molecule is O=[N+]([O-])c1cc2c(ccn2CCCl)cc1Br. The molecule has 0 saturated heterocycles. The van der Waals surface area contributed by atoms with Crippen LogP contribution in [0.3, 0.4) is 0 Å². The maximum atomic E-state index is 10.8. The molecule has 0 radical (unpaired) electrons. The molecule has 0 atom stereocenters. The number of benzene rings is 1. The largest absolute Gasteiger partial charge is 0.346 e. The Morgan fingerprint density at radius 2 is 2.25 bits per heavy atom. The molecule has 0 amide bonds. The van der Waals surface area contributed by atoms with Gasteiger partial charge < -0.3 is 4.57 Å². The van der Waals surface area contributed by atoms with Crippen molar-refractivity contribution in [1.82, 2.24) is 4.57 Å². The van der Waals surface area contributed by atoms with Crippen LogP contribution in [0.1, 0.15) is 0 Å². The van der Waals surface area contributed by atoms with Gasteiger partial charge in [0.2, 0.25) is 0 Å². The molecule has 16 heavy (non-hydrogen) atoms. The highest BCUT2D eigenvalue weighted by molar-refractivity contribution is 9.10. The van der Waals surface area contributed by atoms with Crippen molar-refractivity contribution < 1.29 is 4.92 Å². The van der Waals surface area contributed by atoms with Crippen LogP contribution in [-0.4, -0.2) is 15.4 Å². The fourth-order valence-electron chi connectivity index (χ4n) is 1.62. The van der Waals surface area contributed by atoms with Gasteiger partial charge in [0, 0.05) is 30.1 Å². The molecule has 0 aliphatic heterocycles. The molecule has 0 unspecified atom stereocenters. The normalized spacial score (nSPS) is 10.9. The van der Waals surface area contributed by atoms with Crippen LogP contribution in [0.25, 0.3) is 10.9 Å². The van der Waals surface area contributed by atoms with E-state index >= 15 is 0 Å². The van der Waals surface area contributed by atoms with Gasteiger partial charge in [-0.25, -0.2) is 0 Å². The molecule has 0 saturated carbocycles. The van der Waals surface area contributed by atoms with Crippen LogP contribution in [0.15, 0.2) is 28.9 Å². The summed E-state index contributed by atoms with van der Waals surface area (Å²) in [6, 6.07) is 5.22. The highest BCUT2D eigenvalue weighted by atomic mass is 79.9. The number of rotatable bonds is 3. The number of hydrogen-bond donors (Lipinski definition) is 0. The summed E-state index contributed by atoms with van der Waals surface area (Å²) in [5.74, 6) is 0.480. The summed E-state index contributed by atoms with van der Waals surface area (Å²) in [5.41, 5.74) is 0.901. The van der Waals surface area contributed by atoms with E-state index in [1.807, 2.05) is 16.8 Å². The van der Waals surface area contributed by atoms with E-state index in [0.29, 0.717) is 16.9 Å². The summed E-state index contributed by atoms with van der Waals surface area (Å²) in [5, 5.41) is 11.8. The summed E-state index contributed by atoms with van der Waals surface area (Å²) in [7, 11) is 0. The minimum absolute atomic E-state index is 0.0713. The molecule has 0 fully saturated rings. The Kier molecular flexibility index (Phi) is 3.16. The van der Waals surface area contributed by atoms with Crippen LogP contribution in [0.2, 0.25) is 0 Å². The molecule has 84 valence electrons. The molecule has 1 heterocycles. The van der Waals surface area contributed by atoms with Crippen LogP contribution in [0.5, 0.6) is 0 Å². The van der Waals surface area contributed by atoms with Gasteiger partial charge in [-0.05, 0) is 28.1 Å². The lowest BCUT2D eigenvalue weighted by Gasteiger charge is -2.02. The quantitative estimate of drug-likeness (QED) is 0.494. The first-order chi connectivity index (χ1) is 7.63. The Balaban J connectivity index is 2.64. The van der Waals surface area contributed by atoms with E-state index in [1.54, 1.807) is 12.1 Å². The number of hydrogen-bond acceptors (Lipinski definition) is 2. The van der Waals surface area contributed by atoms with Gasteiger partial charge in [0.05, 0.1) is 14.9 Å². The fraction of sp³-hybridized carbons (Fsp3) is 0.200. The zero-order chi connectivity index (χ0) is 11.7. The third-order valence-corrected chi connectivity index (χ3v) is 3.17. The number of fused-ring (bicyclic) bond motifs is 1. The van der Waals surface area contributed by atoms with Crippen LogP contribution in [-0.2, 0) is 6.54 Å². The van der Waals surface area contributed by atoms with Crippen molar-refractivity contribution in [2.75, 3.05) is 5.88 Å². The van der Waals surface area contributed by atoms with E-state index in [0.717, 1.165) is 10.9 Å². The van der Waals surface area contributed by atoms with E-state index in [-0.39, 0.29) is 5.69 Å². The van der Waals surface area contributed by atoms with Gasteiger partial charge >= 0.3 is 0 Å². The molecule has 0 spiro atoms. The topological polar surface area (TPSA) is 48.1 Å². The third kappa shape index (κ3) is 1.92. The van der Waals surface area contributed by atoms with Gasteiger partial charge in [-0.3, -0.25) is 10.1 Å². The van der Waals surface area contributed by atoms with Crippen molar-refractivity contribution in [3.8, 4) is 0 Å². The average Bonchev–Trinajstić information content (AvgIpc) is 2.60. The Morgan fingerprint density at radius 1 is 1.50 bits per heavy atom. The standard InChI is InChI=1S/C10H8BrClN2O2/c11-8-5-7-1-3-13(4-2-12)9(7)6-10(8)14(15)16/h1,3,5-6H,2,4H2. The second kappa shape index (κ2) is 4.43. The number of nitro benzene ring substituents is 1. The molecule has 0 N–H and O–H groups in total. The number of alkyl halides is 1. The highest BCUT2D eigenvalue weighted by Gasteiger charge is 2.14. The Hall–Kier alpha value is -1.07. The van der Waals surface area contributed by atoms with Gasteiger partial charge in [0.25, 0.3) is 5.69 Å². The number of nitro groups is 1. The second-order valence-corrected chi connectivity index (χ2v) is 4.55. The molecule has 1 aromatic carbocycles. The molecular weight excluding hydrogens is 295 g/mol. The molecule has 1 aromatic heterocycles. The first-order valence-electron chi connectivity index (χ1n) is 4.62. The van der Waals surface area contributed by atoms with Gasteiger partial charge in [-0.1, -0.05) is 0 Å². The van der Waals surface area contributed by atoms with Crippen molar-refractivity contribution in [1.29, 1.82) is 0 Å². The predicted molar refractivity (Wildman–Crippen MR) is 67.0 cm³/mol.